The second-order valence-electron chi connectivity index (χ2n) is 2.00. The van der Waals surface area contributed by atoms with Crippen LogP contribution in [-0.4, -0.2) is 5.92 Å². The highest BCUT2D eigenvalue weighted by molar-refractivity contribution is 5.05. The Morgan fingerprint density at radius 2 is 1.80 bits per heavy atom. The fourth-order valence-electron chi connectivity index (χ4n) is 0.319. The molecule has 0 saturated heterocycles. The average Bonchev–Trinajstić information content (AvgIpc) is 1.60. The molecule has 10 heavy (non-hydrogen) atoms. The molecule has 0 fully saturated rings. The fourth-order valence-corrected chi connectivity index (χ4v) is 0.319. The van der Waals surface area contributed by atoms with Crippen LogP contribution >= 0.6 is 0 Å². The van der Waals surface area contributed by atoms with Gasteiger partial charge < -0.3 is 0 Å². The summed E-state index contributed by atoms with van der Waals surface area (Å²) in [6.45, 7) is 3.90. The van der Waals surface area contributed by atoms with E-state index in [4.69, 9.17) is 0 Å². The van der Waals surface area contributed by atoms with E-state index in [9.17, 15) is 17.6 Å². The van der Waals surface area contributed by atoms with E-state index < -0.39 is 24.3 Å². The SMILES string of the molecule is C=C(C)C(F)(F)C[C](F)F. The second kappa shape index (κ2) is 3.03. The predicted octanol–water partition coefficient (Wildman–Crippen LogP) is 3.02. The van der Waals surface area contributed by atoms with Gasteiger partial charge in [-0.2, -0.15) is 8.78 Å². The monoisotopic (exact) mass is 155 g/mol. The second-order valence-corrected chi connectivity index (χ2v) is 2.00. The van der Waals surface area contributed by atoms with Crippen molar-refractivity contribution in [3.8, 4) is 0 Å². The summed E-state index contributed by atoms with van der Waals surface area (Å²) < 4.78 is 47.0. The Bertz CT molecular complexity index is 128. The zero-order chi connectivity index (χ0) is 8.36. The van der Waals surface area contributed by atoms with Crippen molar-refractivity contribution in [1.82, 2.24) is 0 Å². The summed E-state index contributed by atoms with van der Waals surface area (Å²) in [6.07, 6.45) is -3.78. The van der Waals surface area contributed by atoms with Crippen LogP contribution in [0.1, 0.15) is 13.3 Å². The van der Waals surface area contributed by atoms with Crippen molar-refractivity contribution in [3.63, 3.8) is 0 Å². The number of rotatable bonds is 3. The molecular weight excluding hydrogens is 148 g/mol. The Morgan fingerprint density at radius 1 is 1.40 bits per heavy atom. The van der Waals surface area contributed by atoms with Crippen molar-refractivity contribution >= 4 is 0 Å². The summed E-state index contributed by atoms with van der Waals surface area (Å²) in [5, 5.41) is 0. The molecule has 0 saturated carbocycles. The van der Waals surface area contributed by atoms with E-state index in [1.54, 1.807) is 0 Å². The fraction of sp³-hybridized carbons (Fsp3) is 0.500. The van der Waals surface area contributed by atoms with Crippen molar-refractivity contribution in [2.24, 2.45) is 0 Å². The molecule has 1 radical (unpaired) electrons. The van der Waals surface area contributed by atoms with Gasteiger partial charge in [-0.3, -0.25) is 0 Å². The molecular formula is C6H7F4. The van der Waals surface area contributed by atoms with E-state index in [0.29, 0.717) is 0 Å². The van der Waals surface area contributed by atoms with Crippen LogP contribution in [0.15, 0.2) is 12.2 Å². The highest BCUT2D eigenvalue weighted by Gasteiger charge is 2.34. The standard InChI is InChI=1S/C6H7F4/c1-4(2)6(9,10)3-5(7)8/h1,3H2,2H3. The van der Waals surface area contributed by atoms with Gasteiger partial charge in [-0.15, -0.1) is 0 Å². The summed E-state index contributed by atoms with van der Waals surface area (Å²) in [5.41, 5.74) is -0.541. The Morgan fingerprint density at radius 3 is 1.90 bits per heavy atom. The van der Waals surface area contributed by atoms with Crippen LogP contribution in [0.4, 0.5) is 17.6 Å². The van der Waals surface area contributed by atoms with Crippen LogP contribution in [0.3, 0.4) is 0 Å². The number of alkyl halides is 2. The average molecular weight is 155 g/mol. The van der Waals surface area contributed by atoms with Gasteiger partial charge in [0, 0.05) is 0 Å². The normalized spacial score (nSPS) is 12.2. The molecule has 0 aromatic heterocycles. The summed E-state index contributed by atoms with van der Waals surface area (Å²) in [6, 6.07) is 0. The molecule has 0 aliphatic carbocycles. The maximum atomic E-state index is 12.2. The number of hydrogen-bond acceptors (Lipinski definition) is 0. The van der Waals surface area contributed by atoms with E-state index in [1.807, 2.05) is 0 Å². The largest absolute Gasteiger partial charge is 0.316 e. The first-order valence-corrected chi connectivity index (χ1v) is 2.57. The quantitative estimate of drug-likeness (QED) is 0.434. The lowest BCUT2D eigenvalue weighted by Gasteiger charge is -2.13. The summed E-state index contributed by atoms with van der Waals surface area (Å²) in [4.78, 5) is 0. The maximum Gasteiger partial charge on any atom is 0.316 e. The summed E-state index contributed by atoms with van der Waals surface area (Å²) >= 11 is 0. The predicted molar refractivity (Wildman–Crippen MR) is 29.8 cm³/mol. The third kappa shape index (κ3) is 2.85. The molecule has 0 atom stereocenters. The Hall–Kier alpha value is -0.540. The molecule has 0 nitrogen and oxygen atoms in total. The van der Waals surface area contributed by atoms with E-state index in [1.165, 1.54) is 0 Å². The maximum absolute atomic E-state index is 12.2. The zero-order valence-corrected chi connectivity index (χ0v) is 5.43. The minimum atomic E-state index is -3.46. The van der Waals surface area contributed by atoms with Gasteiger partial charge in [-0.1, -0.05) is 6.58 Å². The van der Waals surface area contributed by atoms with Gasteiger partial charge in [0.15, 0.2) is 0 Å². The van der Waals surface area contributed by atoms with E-state index in [-0.39, 0.29) is 0 Å². The van der Waals surface area contributed by atoms with Crippen LogP contribution in [0, 0.1) is 6.43 Å². The first kappa shape index (κ1) is 9.46. The van der Waals surface area contributed by atoms with E-state index in [2.05, 4.69) is 6.58 Å². The molecule has 0 aromatic rings. The van der Waals surface area contributed by atoms with Gasteiger partial charge in [-0.25, -0.2) is 8.78 Å². The van der Waals surface area contributed by atoms with Gasteiger partial charge in [0.2, 0.25) is 0 Å². The molecule has 0 heterocycles. The van der Waals surface area contributed by atoms with E-state index >= 15 is 0 Å². The van der Waals surface area contributed by atoms with Gasteiger partial charge in [0.1, 0.15) is 0 Å². The lowest BCUT2D eigenvalue weighted by molar-refractivity contribution is 0.0122. The van der Waals surface area contributed by atoms with Crippen molar-refractivity contribution in [2.75, 3.05) is 0 Å². The lowest BCUT2D eigenvalue weighted by Crippen LogP contribution is -2.17. The van der Waals surface area contributed by atoms with Gasteiger partial charge in [0.25, 0.3) is 5.92 Å². The molecule has 0 unspecified atom stereocenters. The van der Waals surface area contributed by atoms with Crippen LogP contribution in [0.5, 0.6) is 0 Å². The Balaban J connectivity index is 4.00. The van der Waals surface area contributed by atoms with Crippen molar-refractivity contribution in [3.05, 3.63) is 18.6 Å². The molecule has 0 aromatic carbocycles. The number of halogens is 4. The van der Waals surface area contributed by atoms with Crippen molar-refractivity contribution in [2.45, 2.75) is 19.3 Å². The zero-order valence-electron chi connectivity index (χ0n) is 5.43. The highest BCUT2D eigenvalue weighted by Crippen LogP contribution is 2.31. The highest BCUT2D eigenvalue weighted by atomic mass is 19.3. The van der Waals surface area contributed by atoms with Crippen LogP contribution in [-0.2, 0) is 0 Å². The van der Waals surface area contributed by atoms with Crippen LogP contribution in [0.2, 0.25) is 0 Å². The van der Waals surface area contributed by atoms with Crippen molar-refractivity contribution < 1.29 is 17.6 Å². The first-order chi connectivity index (χ1) is 4.36. The smallest absolute Gasteiger partial charge is 0.202 e. The minimum Gasteiger partial charge on any atom is -0.202 e. The summed E-state index contributed by atoms with van der Waals surface area (Å²) in [7, 11) is 0. The molecule has 0 spiro atoms. The van der Waals surface area contributed by atoms with Crippen LogP contribution in [0.25, 0.3) is 0 Å². The Labute approximate surface area is 56.5 Å². The molecule has 4 heteroatoms. The lowest BCUT2D eigenvalue weighted by atomic mass is 10.1. The molecule has 0 rings (SSSR count). The molecule has 0 aliphatic heterocycles. The Kier molecular flexibility index (Phi) is 2.87. The minimum absolute atomic E-state index is 0.541. The van der Waals surface area contributed by atoms with Gasteiger partial charge in [-0.05, 0) is 12.5 Å². The topological polar surface area (TPSA) is 0 Å². The van der Waals surface area contributed by atoms with Gasteiger partial charge in [0.05, 0.1) is 6.42 Å². The molecule has 0 amide bonds. The molecule has 0 aliphatic rings. The van der Waals surface area contributed by atoms with Crippen molar-refractivity contribution in [1.29, 1.82) is 0 Å². The van der Waals surface area contributed by atoms with Gasteiger partial charge >= 0.3 is 6.43 Å². The third-order valence-corrected chi connectivity index (χ3v) is 0.980. The summed E-state index contributed by atoms with van der Waals surface area (Å²) in [5.74, 6) is -3.46. The molecule has 0 N–H and O–H groups in total. The first-order valence-electron chi connectivity index (χ1n) is 2.57. The molecule has 0 bridgehead atoms. The van der Waals surface area contributed by atoms with Crippen LogP contribution < -0.4 is 0 Å². The third-order valence-electron chi connectivity index (χ3n) is 0.980. The number of hydrogen-bond donors (Lipinski definition) is 0. The molecule has 59 valence electrons. The van der Waals surface area contributed by atoms with E-state index in [0.717, 1.165) is 6.92 Å². The number of allylic oxidation sites excluding steroid dienone is 1.